The molecule has 2 N–H and O–H groups in total. The first-order chi connectivity index (χ1) is 10.2. The van der Waals surface area contributed by atoms with Gasteiger partial charge in [-0.25, -0.2) is 4.39 Å². The molecular formula is C18H18FNO. The fourth-order valence-corrected chi connectivity index (χ4v) is 2.68. The molecule has 0 bridgehead atoms. The van der Waals surface area contributed by atoms with Crippen LogP contribution in [0.2, 0.25) is 0 Å². The zero-order valence-corrected chi connectivity index (χ0v) is 11.7. The second kappa shape index (κ2) is 6.10. The summed E-state index contributed by atoms with van der Waals surface area (Å²) in [4.78, 5) is 0. The molecule has 1 aliphatic heterocycles. The van der Waals surface area contributed by atoms with Crippen molar-refractivity contribution in [2.45, 2.75) is 25.0 Å². The van der Waals surface area contributed by atoms with Gasteiger partial charge in [0.15, 0.2) is 0 Å². The summed E-state index contributed by atoms with van der Waals surface area (Å²) in [5.41, 5.74) is 2.85. The lowest BCUT2D eigenvalue weighted by molar-refractivity contribution is 0.165. The van der Waals surface area contributed by atoms with Gasteiger partial charge >= 0.3 is 0 Å². The van der Waals surface area contributed by atoms with E-state index in [2.05, 4.69) is 11.4 Å². The molecule has 2 atom stereocenters. The molecule has 0 saturated carbocycles. The number of benzene rings is 2. The second-order valence-corrected chi connectivity index (χ2v) is 5.42. The third-order valence-corrected chi connectivity index (χ3v) is 3.71. The molecule has 0 spiro atoms. The van der Waals surface area contributed by atoms with Crippen molar-refractivity contribution >= 4 is 11.8 Å². The number of aliphatic hydroxyl groups excluding tert-OH is 1. The quantitative estimate of drug-likeness (QED) is 0.882. The van der Waals surface area contributed by atoms with Gasteiger partial charge in [0.1, 0.15) is 5.82 Å². The van der Waals surface area contributed by atoms with Crippen LogP contribution >= 0.6 is 0 Å². The van der Waals surface area contributed by atoms with Crippen LogP contribution in [0.5, 0.6) is 0 Å². The van der Waals surface area contributed by atoms with E-state index in [1.807, 2.05) is 36.4 Å². The fourth-order valence-electron chi connectivity index (χ4n) is 2.68. The van der Waals surface area contributed by atoms with Crippen LogP contribution in [0, 0.1) is 5.82 Å². The molecule has 108 valence electrons. The lowest BCUT2D eigenvalue weighted by Gasteiger charge is -2.15. The van der Waals surface area contributed by atoms with Gasteiger partial charge in [-0.1, -0.05) is 42.5 Å². The van der Waals surface area contributed by atoms with Crippen molar-refractivity contribution in [3.63, 3.8) is 0 Å². The first-order valence-corrected chi connectivity index (χ1v) is 7.17. The first-order valence-electron chi connectivity index (χ1n) is 7.17. The molecule has 2 aromatic rings. The van der Waals surface area contributed by atoms with Crippen LogP contribution < -0.4 is 5.32 Å². The summed E-state index contributed by atoms with van der Waals surface area (Å²) in [5, 5.41) is 13.5. The lowest BCUT2D eigenvalue weighted by atomic mass is 10.0. The molecular weight excluding hydrogens is 265 g/mol. The standard InChI is InChI=1S/C18H18FNO/c19-15-7-9-18-14(10-15)11-17(21)12-16(20-18)8-6-13-4-2-1-3-5-13/h1-10,16-17,20-21H,11-12H2/b8-6+/t16-,17+/m0/s1. The molecule has 1 aliphatic rings. The van der Waals surface area contributed by atoms with E-state index >= 15 is 0 Å². The highest BCUT2D eigenvalue weighted by molar-refractivity contribution is 5.56. The zero-order chi connectivity index (χ0) is 14.7. The van der Waals surface area contributed by atoms with E-state index in [9.17, 15) is 9.50 Å². The van der Waals surface area contributed by atoms with Crippen LogP contribution in [0.4, 0.5) is 10.1 Å². The predicted molar refractivity (Wildman–Crippen MR) is 83.6 cm³/mol. The third kappa shape index (κ3) is 3.50. The highest BCUT2D eigenvalue weighted by Gasteiger charge is 2.20. The highest BCUT2D eigenvalue weighted by Crippen LogP contribution is 2.25. The molecule has 3 heteroatoms. The summed E-state index contributed by atoms with van der Waals surface area (Å²) < 4.78 is 13.3. The maximum Gasteiger partial charge on any atom is 0.123 e. The molecule has 0 aromatic heterocycles. The maximum atomic E-state index is 13.3. The van der Waals surface area contributed by atoms with Gasteiger partial charge in [-0.3, -0.25) is 0 Å². The third-order valence-electron chi connectivity index (χ3n) is 3.71. The summed E-state index contributed by atoms with van der Waals surface area (Å²) in [6.45, 7) is 0. The normalized spacial score (nSPS) is 21.6. The lowest BCUT2D eigenvalue weighted by Crippen LogP contribution is -2.21. The SMILES string of the molecule is O[C@@H]1Cc2cc(F)ccc2N[C@@H](/C=C/c2ccccc2)C1. The van der Waals surface area contributed by atoms with Crippen LogP contribution in [-0.4, -0.2) is 17.3 Å². The molecule has 0 fully saturated rings. The summed E-state index contributed by atoms with van der Waals surface area (Å²) in [6, 6.07) is 14.8. The Kier molecular flexibility index (Phi) is 4.02. The van der Waals surface area contributed by atoms with E-state index in [0.29, 0.717) is 12.8 Å². The topological polar surface area (TPSA) is 32.3 Å². The molecule has 3 rings (SSSR count). The van der Waals surface area contributed by atoms with Crippen molar-refractivity contribution in [3.05, 3.63) is 71.6 Å². The van der Waals surface area contributed by atoms with Gasteiger partial charge in [0.2, 0.25) is 0 Å². The number of rotatable bonds is 2. The van der Waals surface area contributed by atoms with Crippen molar-refractivity contribution in [2.75, 3.05) is 5.32 Å². The molecule has 0 amide bonds. The molecule has 2 aromatic carbocycles. The van der Waals surface area contributed by atoms with Gasteiger partial charge in [0, 0.05) is 18.2 Å². The highest BCUT2D eigenvalue weighted by atomic mass is 19.1. The smallest absolute Gasteiger partial charge is 0.123 e. The Morgan fingerprint density at radius 2 is 1.95 bits per heavy atom. The van der Waals surface area contributed by atoms with Crippen molar-refractivity contribution in [3.8, 4) is 0 Å². The maximum absolute atomic E-state index is 13.3. The number of fused-ring (bicyclic) bond motifs is 1. The molecule has 1 heterocycles. The van der Waals surface area contributed by atoms with Gasteiger partial charge in [-0.05, 0) is 35.7 Å². The Labute approximate surface area is 123 Å². The number of nitrogens with one attached hydrogen (secondary N) is 1. The predicted octanol–water partition coefficient (Wildman–Crippen LogP) is 3.63. The molecule has 21 heavy (non-hydrogen) atoms. The molecule has 0 radical (unpaired) electrons. The summed E-state index contributed by atoms with van der Waals surface area (Å²) in [5.74, 6) is -0.263. The first kappa shape index (κ1) is 13.8. The van der Waals surface area contributed by atoms with E-state index < -0.39 is 6.10 Å². The van der Waals surface area contributed by atoms with Crippen LogP contribution in [0.15, 0.2) is 54.6 Å². The Morgan fingerprint density at radius 3 is 2.76 bits per heavy atom. The van der Waals surface area contributed by atoms with E-state index in [4.69, 9.17) is 0 Å². The van der Waals surface area contributed by atoms with Gasteiger partial charge in [0.05, 0.1) is 6.10 Å². The van der Waals surface area contributed by atoms with Crippen LogP contribution in [0.1, 0.15) is 17.5 Å². The van der Waals surface area contributed by atoms with Gasteiger partial charge in [-0.2, -0.15) is 0 Å². The van der Waals surface area contributed by atoms with E-state index in [-0.39, 0.29) is 11.9 Å². The summed E-state index contributed by atoms with van der Waals surface area (Å²) >= 11 is 0. The molecule has 2 nitrogen and oxygen atoms in total. The number of anilines is 1. The Bertz CT molecular complexity index is 639. The zero-order valence-electron chi connectivity index (χ0n) is 11.7. The van der Waals surface area contributed by atoms with E-state index in [0.717, 1.165) is 16.8 Å². The van der Waals surface area contributed by atoms with E-state index in [1.165, 1.54) is 12.1 Å². The van der Waals surface area contributed by atoms with Crippen LogP contribution in [0.25, 0.3) is 6.08 Å². The Balaban J connectivity index is 1.81. The molecule has 0 unspecified atom stereocenters. The van der Waals surface area contributed by atoms with Gasteiger partial charge in [-0.15, -0.1) is 0 Å². The average Bonchev–Trinajstić information content (AvgIpc) is 2.63. The fraction of sp³-hybridized carbons (Fsp3) is 0.222. The van der Waals surface area contributed by atoms with Crippen molar-refractivity contribution in [2.24, 2.45) is 0 Å². The average molecular weight is 283 g/mol. The summed E-state index contributed by atoms with van der Waals surface area (Å²) in [7, 11) is 0. The Morgan fingerprint density at radius 1 is 1.14 bits per heavy atom. The van der Waals surface area contributed by atoms with Crippen LogP contribution in [-0.2, 0) is 6.42 Å². The monoisotopic (exact) mass is 283 g/mol. The molecule has 0 aliphatic carbocycles. The minimum Gasteiger partial charge on any atom is -0.393 e. The largest absolute Gasteiger partial charge is 0.393 e. The van der Waals surface area contributed by atoms with Gasteiger partial charge < -0.3 is 10.4 Å². The second-order valence-electron chi connectivity index (χ2n) is 5.42. The van der Waals surface area contributed by atoms with Crippen LogP contribution in [0.3, 0.4) is 0 Å². The van der Waals surface area contributed by atoms with Gasteiger partial charge in [0.25, 0.3) is 0 Å². The van der Waals surface area contributed by atoms with Crippen molar-refractivity contribution < 1.29 is 9.50 Å². The minimum atomic E-state index is -0.467. The van der Waals surface area contributed by atoms with Crippen molar-refractivity contribution in [1.29, 1.82) is 0 Å². The van der Waals surface area contributed by atoms with E-state index in [1.54, 1.807) is 6.07 Å². The number of hydrogen-bond donors (Lipinski definition) is 2. The number of hydrogen-bond acceptors (Lipinski definition) is 2. The number of aliphatic hydroxyl groups is 1. The minimum absolute atomic E-state index is 0.0342. The summed E-state index contributed by atoms with van der Waals surface area (Å²) in [6.07, 6.45) is 4.72. The molecule has 0 saturated heterocycles. The number of halogens is 1. The Hall–Kier alpha value is -2.13. The van der Waals surface area contributed by atoms with Crippen molar-refractivity contribution in [1.82, 2.24) is 0 Å².